The summed E-state index contributed by atoms with van der Waals surface area (Å²) in [5, 5.41) is 11.8. The fourth-order valence-electron chi connectivity index (χ4n) is 0.899. The summed E-state index contributed by atoms with van der Waals surface area (Å²) in [5.74, 6) is 1.06. The van der Waals surface area contributed by atoms with Gasteiger partial charge in [-0.15, -0.1) is 0 Å². The summed E-state index contributed by atoms with van der Waals surface area (Å²) in [7, 11) is 0. The van der Waals surface area contributed by atoms with Crippen LogP contribution in [0, 0.1) is 11.3 Å². The fourth-order valence-corrected chi connectivity index (χ4v) is 1.21. The smallest absolute Gasteiger partial charge is 0.142 e. The maximum atomic E-state index is 8.59. The van der Waals surface area contributed by atoms with Crippen LogP contribution in [0.4, 0.5) is 5.69 Å². The van der Waals surface area contributed by atoms with Crippen LogP contribution in [0.2, 0.25) is 0 Å². The van der Waals surface area contributed by atoms with Crippen molar-refractivity contribution >= 4 is 17.4 Å². The molecule has 1 aromatic rings. The van der Waals surface area contributed by atoms with Gasteiger partial charge in [0.2, 0.25) is 0 Å². The van der Waals surface area contributed by atoms with Crippen molar-refractivity contribution in [2.45, 2.75) is 0 Å². The quantitative estimate of drug-likeness (QED) is 0.740. The van der Waals surface area contributed by atoms with E-state index in [4.69, 9.17) is 5.26 Å². The van der Waals surface area contributed by atoms with Gasteiger partial charge in [0, 0.05) is 24.2 Å². The molecular formula is C9H11N3S. The van der Waals surface area contributed by atoms with Gasteiger partial charge in [-0.25, -0.2) is 4.98 Å². The van der Waals surface area contributed by atoms with Crippen molar-refractivity contribution in [3.63, 3.8) is 0 Å². The third-order valence-electron chi connectivity index (χ3n) is 1.51. The van der Waals surface area contributed by atoms with Crippen LogP contribution in [0.5, 0.6) is 0 Å². The number of anilines is 1. The highest BCUT2D eigenvalue weighted by atomic mass is 32.2. The van der Waals surface area contributed by atoms with Gasteiger partial charge in [-0.05, 0) is 18.4 Å². The molecule has 0 saturated heterocycles. The molecule has 3 nitrogen and oxygen atoms in total. The Hall–Kier alpha value is -1.21. The molecule has 0 amide bonds. The molecule has 0 aromatic carbocycles. The molecular weight excluding hydrogens is 182 g/mol. The zero-order chi connectivity index (χ0) is 9.52. The lowest BCUT2D eigenvalue weighted by Crippen LogP contribution is -2.03. The Morgan fingerprint density at radius 2 is 2.54 bits per heavy atom. The second-order valence-corrected chi connectivity index (χ2v) is 3.45. The first kappa shape index (κ1) is 9.87. The molecule has 1 heterocycles. The topological polar surface area (TPSA) is 48.7 Å². The second kappa shape index (κ2) is 5.44. The molecule has 0 aliphatic heterocycles. The fraction of sp³-hybridized carbons (Fsp3) is 0.333. The Balaban J connectivity index is 2.52. The van der Waals surface area contributed by atoms with Gasteiger partial charge in [0.05, 0.1) is 0 Å². The van der Waals surface area contributed by atoms with E-state index in [1.807, 2.05) is 12.1 Å². The van der Waals surface area contributed by atoms with Gasteiger partial charge in [-0.2, -0.15) is 17.0 Å². The number of hydrogen-bond donors (Lipinski definition) is 1. The lowest BCUT2D eigenvalue weighted by molar-refractivity contribution is 1.20. The molecule has 0 saturated carbocycles. The molecule has 0 aliphatic carbocycles. The monoisotopic (exact) mass is 193 g/mol. The SMILES string of the molecule is CSCCNc1ccnc(C#N)c1. The Bertz CT molecular complexity index is 306. The standard InChI is InChI=1S/C9H11N3S/c1-13-5-4-12-8-2-3-11-9(6-8)7-10/h2-3,6H,4-5H2,1H3,(H,11,12). The number of rotatable bonds is 4. The molecule has 13 heavy (non-hydrogen) atoms. The summed E-state index contributed by atoms with van der Waals surface area (Å²) in [4.78, 5) is 3.88. The van der Waals surface area contributed by atoms with E-state index < -0.39 is 0 Å². The van der Waals surface area contributed by atoms with E-state index in [1.165, 1.54) is 0 Å². The zero-order valence-electron chi connectivity index (χ0n) is 7.45. The summed E-state index contributed by atoms with van der Waals surface area (Å²) >= 11 is 1.79. The van der Waals surface area contributed by atoms with E-state index in [0.29, 0.717) is 5.69 Å². The highest BCUT2D eigenvalue weighted by molar-refractivity contribution is 7.98. The minimum absolute atomic E-state index is 0.453. The summed E-state index contributed by atoms with van der Waals surface area (Å²) < 4.78 is 0. The first-order valence-electron chi connectivity index (χ1n) is 3.96. The van der Waals surface area contributed by atoms with Crippen molar-refractivity contribution < 1.29 is 0 Å². The first-order chi connectivity index (χ1) is 6.36. The van der Waals surface area contributed by atoms with Gasteiger partial charge < -0.3 is 5.32 Å². The van der Waals surface area contributed by atoms with Crippen LogP contribution >= 0.6 is 11.8 Å². The molecule has 1 rings (SSSR count). The minimum Gasteiger partial charge on any atom is -0.384 e. The number of aromatic nitrogens is 1. The summed E-state index contributed by atoms with van der Waals surface area (Å²) in [6.45, 7) is 0.913. The van der Waals surface area contributed by atoms with Crippen LogP contribution in [0.3, 0.4) is 0 Å². The van der Waals surface area contributed by atoms with Gasteiger partial charge in [-0.3, -0.25) is 0 Å². The molecule has 0 aliphatic rings. The maximum absolute atomic E-state index is 8.59. The average Bonchev–Trinajstić information content (AvgIpc) is 2.19. The Labute approximate surface area is 82.2 Å². The third kappa shape index (κ3) is 3.34. The number of nitriles is 1. The Morgan fingerprint density at radius 3 is 3.23 bits per heavy atom. The van der Waals surface area contributed by atoms with E-state index in [-0.39, 0.29) is 0 Å². The van der Waals surface area contributed by atoms with Crippen LogP contribution in [0.25, 0.3) is 0 Å². The molecule has 1 aromatic heterocycles. The average molecular weight is 193 g/mol. The van der Waals surface area contributed by atoms with E-state index in [9.17, 15) is 0 Å². The largest absolute Gasteiger partial charge is 0.384 e. The molecule has 68 valence electrons. The van der Waals surface area contributed by atoms with Crippen LogP contribution < -0.4 is 5.32 Å². The number of thioether (sulfide) groups is 1. The highest BCUT2D eigenvalue weighted by Gasteiger charge is 1.94. The molecule has 0 unspecified atom stereocenters. The molecule has 0 fully saturated rings. The van der Waals surface area contributed by atoms with E-state index in [0.717, 1.165) is 18.0 Å². The second-order valence-electron chi connectivity index (χ2n) is 2.46. The van der Waals surface area contributed by atoms with Crippen LogP contribution in [0.1, 0.15) is 5.69 Å². The van der Waals surface area contributed by atoms with Gasteiger partial charge in [-0.1, -0.05) is 0 Å². The van der Waals surface area contributed by atoms with Crippen molar-refractivity contribution in [1.82, 2.24) is 4.98 Å². The lowest BCUT2D eigenvalue weighted by atomic mass is 10.3. The lowest BCUT2D eigenvalue weighted by Gasteiger charge is -2.03. The van der Waals surface area contributed by atoms with Gasteiger partial charge >= 0.3 is 0 Å². The molecule has 0 radical (unpaired) electrons. The van der Waals surface area contributed by atoms with E-state index >= 15 is 0 Å². The summed E-state index contributed by atoms with van der Waals surface area (Å²) in [6.07, 6.45) is 3.70. The van der Waals surface area contributed by atoms with Crippen molar-refractivity contribution in [2.24, 2.45) is 0 Å². The molecule has 0 spiro atoms. The number of hydrogen-bond acceptors (Lipinski definition) is 4. The molecule has 0 bridgehead atoms. The van der Waals surface area contributed by atoms with Crippen LogP contribution in [-0.2, 0) is 0 Å². The van der Waals surface area contributed by atoms with Crippen LogP contribution in [0.15, 0.2) is 18.3 Å². The van der Waals surface area contributed by atoms with Gasteiger partial charge in [0.15, 0.2) is 0 Å². The van der Waals surface area contributed by atoms with Gasteiger partial charge in [0.1, 0.15) is 11.8 Å². The first-order valence-corrected chi connectivity index (χ1v) is 5.35. The highest BCUT2D eigenvalue weighted by Crippen LogP contribution is 2.06. The number of pyridine rings is 1. The minimum atomic E-state index is 0.453. The third-order valence-corrected chi connectivity index (χ3v) is 2.12. The predicted octanol–water partition coefficient (Wildman–Crippen LogP) is 1.73. The van der Waals surface area contributed by atoms with Crippen LogP contribution in [-0.4, -0.2) is 23.5 Å². The Morgan fingerprint density at radius 1 is 1.69 bits per heavy atom. The zero-order valence-corrected chi connectivity index (χ0v) is 8.27. The molecule has 0 atom stereocenters. The molecule has 1 N–H and O–H groups in total. The number of nitrogens with zero attached hydrogens (tertiary/aromatic N) is 2. The van der Waals surface area contributed by atoms with Crippen molar-refractivity contribution in [3.8, 4) is 6.07 Å². The predicted molar refractivity (Wildman–Crippen MR) is 55.8 cm³/mol. The normalized spacial score (nSPS) is 9.23. The van der Waals surface area contributed by atoms with Crippen molar-refractivity contribution in [1.29, 1.82) is 5.26 Å². The molecule has 4 heteroatoms. The van der Waals surface area contributed by atoms with Crippen molar-refractivity contribution in [3.05, 3.63) is 24.0 Å². The maximum Gasteiger partial charge on any atom is 0.142 e. The van der Waals surface area contributed by atoms with E-state index in [2.05, 4.69) is 16.6 Å². The van der Waals surface area contributed by atoms with Gasteiger partial charge in [0.25, 0.3) is 0 Å². The van der Waals surface area contributed by atoms with Crippen molar-refractivity contribution in [2.75, 3.05) is 23.9 Å². The Kier molecular flexibility index (Phi) is 4.13. The summed E-state index contributed by atoms with van der Waals surface area (Å²) in [6, 6.07) is 5.61. The number of nitrogens with one attached hydrogen (secondary N) is 1. The van der Waals surface area contributed by atoms with E-state index in [1.54, 1.807) is 24.0 Å². The summed E-state index contributed by atoms with van der Waals surface area (Å²) in [5.41, 5.74) is 1.41.